The van der Waals surface area contributed by atoms with Crippen LogP contribution in [0.3, 0.4) is 0 Å². The van der Waals surface area contributed by atoms with Crippen molar-refractivity contribution in [2.24, 2.45) is 7.05 Å². The average molecular weight is 330 g/mol. The molecule has 6 nitrogen and oxygen atoms in total. The number of aromatic nitrogens is 3. The zero-order valence-electron chi connectivity index (χ0n) is 13.3. The maximum atomic E-state index is 12.6. The lowest BCUT2D eigenvalue weighted by atomic mass is 10.0. The van der Waals surface area contributed by atoms with E-state index in [2.05, 4.69) is 10.2 Å². The zero-order valence-corrected chi connectivity index (χ0v) is 14.1. The second-order valence-electron chi connectivity index (χ2n) is 5.61. The molecule has 0 aliphatic carbocycles. The number of amides is 1. The first kappa shape index (κ1) is 15.7. The van der Waals surface area contributed by atoms with E-state index in [9.17, 15) is 9.59 Å². The largest absolute Gasteiger partial charge is 0.312 e. The molecule has 2 aromatic rings. The molecule has 1 atom stereocenters. The van der Waals surface area contributed by atoms with Gasteiger partial charge in [0.25, 0.3) is 0 Å². The molecule has 1 aromatic carbocycles. The summed E-state index contributed by atoms with van der Waals surface area (Å²) in [5.41, 5.74) is 2.65. The number of hydrogen-bond acceptors (Lipinski definition) is 5. The third kappa shape index (κ3) is 3.01. The van der Waals surface area contributed by atoms with Crippen molar-refractivity contribution < 1.29 is 9.59 Å². The molecule has 0 spiro atoms. The number of thioether (sulfide) groups is 1. The molecule has 1 aromatic heterocycles. The fourth-order valence-corrected chi connectivity index (χ4v) is 3.57. The Kier molecular flexibility index (Phi) is 4.21. The minimum absolute atomic E-state index is 0.0361. The molecule has 7 heteroatoms. The van der Waals surface area contributed by atoms with Crippen LogP contribution in [0.25, 0.3) is 0 Å². The lowest BCUT2D eigenvalue weighted by molar-refractivity contribution is -0.116. The van der Waals surface area contributed by atoms with Crippen LogP contribution in [0.2, 0.25) is 0 Å². The molecule has 1 aliphatic rings. The molecular weight excluding hydrogens is 312 g/mol. The number of rotatable bonds is 4. The topological polar surface area (TPSA) is 68.1 Å². The second-order valence-corrected chi connectivity index (χ2v) is 6.92. The summed E-state index contributed by atoms with van der Waals surface area (Å²) in [6, 6.07) is 5.58. The monoisotopic (exact) mass is 330 g/mol. The number of hydrogen-bond donors (Lipinski definition) is 0. The van der Waals surface area contributed by atoms with Crippen LogP contribution in [0.5, 0.6) is 0 Å². The van der Waals surface area contributed by atoms with Gasteiger partial charge in [0.1, 0.15) is 6.33 Å². The van der Waals surface area contributed by atoms with Crippen LogP contribution in [-0.2, 0) is 18.3 Å². The molecule has 2 heterocycles. The number of carbonyl (C=O) groups is 2. The van der Waals surface area contributed by atoms with Gasteiger partial charge in [-0.25, -0.2) is 0 Å². The summed E-state index contributed by atoms with van der Waals surface area (Å²) >= 11 is 1.39. The lowest BCUT2D eigenvalue weighted by Gasteiger charge is -2.15. The minimum atomic E-state index is -0.249. The number of benzene rings is 1. The Hall–Kier alpha value is -2.15. The van der Waals surface area contributed by atoms with Crippen LogP contribution < -0.4 is 4.90 Å². The molecule has 1 aliphatic heterocycles. The third-order valence-electron chi connectivity index (χ3n) is 3.96. The van der Waals surface area contributed by atoms with Gasteiger partial charge in [-0.05, 0) is 37.1 Å². The van der Waals surface area contributed by atoms with E-state index < -0.39 is 0 Å². The fourth-order valence-electron chi connectivity index (χ4n) is 2.71. The highest BCUT2D eigenvalue weighted by Gasteiger charge is 2.25. The van der Waals surface area contributed by atoms with Gasteiger partial charge in [0.15, 0.2) is 10.9 Å². The summed E-state index contributed by atoms with van der Waals surface area (Å²) < 4.78 is 1.79. The fraction of sp³-hybridized carbons (Fsp3) is 0.375. The normalized spacial score (nSPS) is 14.7. The molecule has 3 rings (SSSR count). The predicted molar refractivity (Wildman–Crippen MR) is 88.8 cm³/mol. The van der Waals surface area contributed by atoms with Crippen molar-refractivity contribution in [3.8, 4) is 0 Å². The number of nitrogens with zero attached hydrogens (tertiary/aromatic N) is 4. The van der Waals surface area contributed by atoms with Crippen LogP contribution in [0, 0.1) is 0 Å². The summed E-state index contributed by atoms with van der Waals surface area (Å²) in [6.07, 6.45) is 2.41. The van der Waals surface area contributed by atoms with Gasteiger partial charge in [0.05, 0.1) is 5.25 Å². The van der Waals surface area contributed by atoms with Crippen molar-refractivity contribution in [2.45, 2.75) is 30.7 Å². The van der Waals surface area contributed by atoms with Crippen molar-refractivity contribution in [3.05, 3.63) is 35.7 Å². The molecule has 23 heavy (non-hydrogen) atoms. The Morgan fingerprint density at radius 3 is 2.78 bits per heavy atom. The Labute approximate surface area is 138 Å². The molecule has 0 saturated carbocycles. The van der Waals surface area contributed by atoms with Crippen LogP contribution in [0.4, 0.5) is 5.69 Å². The van der Waals surface area contributed by atoms with Gasteiger partial charge in [-0.2, -0.15) is 0 Å². The maximum Gasteiger partial charge on any atom is 0.223 e. The summed E-state index contributed by atoms with van der Waals surface area (Å²) in [7, 11) is 1.85. The number of anilines is 1. The summed E-state index contributed by atoms with van der Waals surface area (Å²) in [6.45, 7) is 4.12. The highest BCUT2D eigenvalue weighted by Crippen LogP contribution is 2.30. The lowest BCUT2D eigenvalue weighted by Crippen LogP contribution is -2.25. The number of carbonyl (C=O) groups excluding carboxylic acids is 2. The number of Topliss-reactive ketones (excluding diaryl/α,β-unsaturated/α-hetero) is 1. The minimum Gasteiger partial charge on any atom is -0.312 e. The molecule has 120 valence electrons. The first-order valence-electron chi connectivity index (χ1n) is 7.43. The van der Waals surface area contributed by atoms with E-state index in [0.29, 0.717) is 12.1 Å². The Balaban J connectivity index is 1.78. The zero-order chi connectivity index (χ0) is 16.6. The summed E-state index contributed by atoms with van der Waals surface area (Å²) in [5, 5.41) is 8.29. The first-order valence-corrected chi connectivity index (χ1v) is 8.31. The van der Waals surface area contributed by atoms with Crippen LogP contribution in [0.15, 0.2) is 29.7 Å². The van der Waals surface area contributed by atoms with Gasteiger partial charge >= 0.3 is 0 Å². The molecule has 0 bridgehead atoms. The molecule has 0 N–H and O–H groups in total. The van der Waals surface area contributed by atoms with Crippen molar-refractivity contribution >= 4 is 29.1 Å². The predicted octanol–water partition coefficient (Wildman–Crippen LogP) is 2.09. The van der Waals surface area contributed by atoms with Gasteiger partial charge in [-0.1, -0.05) is 11.8 Å². The summed E-state index contributed by atoms with van der Waals surface area (Å²) in [4.78, 5) is 26.0. The van der Waals surface area contributed by atoms with Crippen LogP contribution in [-0.4, -0.2) is 38.2 Å². The SMILES string of the molecule is CC(=O)N1CCc2cc(C(=O)[C@H](C)Sc3nncn3C)ccc21. The van der Waals surface area contributed by atoms with Gasteiger partial charge in [0, 0.05) is 31.8 Å². The Morgan fingerprint density at radius 2 is 2.13 bits per heavy atom. The van der Waals surface area contributed by atoms with E-state index in [4.69, 9.17) is 0 Å². The van der Waals surface area contributed by atoms with E-state index >= 15 is 0 Å². The molecular formula is C16H18N4O2S. The maximum absolute atomic E-state index is 12.6. The first-order chi connectivity index (χ1) is 11.0. The van der Waals surface area contributed by atoms with Crippen molar-refractivity contribution in [1.82, 2.24) is 14.8 Å². The van der Waals surface area contributed by atoms with E-state index in [1.54, 1.807) is 28.8 Å². The highest BCUT2D eigenvalue weighted by atomic mass is 32.2. The van der Waals surface area contributed by atoms with Gasteiger partial charge < -0.3 is 9.47 Å². The molecule has 0 saturated heterocycles. The van der Waals surface area contributed by atoms with Gasteiger partial charge in [0.2, 0.25) is 5.91 Å². The second kappa shape index (κ2) is 6.16. The quantitative estimate of drug-likeness (QED) is 0.634. The number of fused-ring (bicyclic) bond motifs is 1. The molecule has 0 fully saturated rings. The molecule has 0 radical (unpaired) electrons. The summed E-state index contributed by atoms with van der Waals surface area (Å²) in [5.74, 6) is 0.0936. The number of aryl methyl sites for hydroxylation is 1. The van der Waals surface area contributed by atoms with Gasteiger partial charge in [-0.15, -0.1) is 10.2 Å². The van der Waals surface area contributed by atoms with E-state index in [-0.39, 0.29) is 16.9 Å². The Bertz CT molecular complexity index is 771. The Morgan fingerprint density at radius 1 is 1.35 bits per heavy atom. The average Bonchev–Trinajstić information content (AvgIpc) is 3.12. The standard InChI is InChI=1S/C16H18N4O2S/c1-10(23-16-18-17-9-19(16)3)15(22)13-4-5-14-12(8-13)6-7-20(14)11(2)21/h4-5,8-10H,6-7H2,1-3H3/t10-/m0/s1. The van der Waals surface area contributed by atoms with Crippen LogP contribution in [0.1, 0.15) is 29.8 Å². The van der Waals surface area contributed by atoms with Crippen molar-refractivity contribution in [1.29, 1.82) is 0 Å². The molecule has 1 amide bonds. The highest BCUT2D eigenvalue weighted by molar-refractivity contribution is 8.00. The van der Waals surface area contributed by atoms with Crippen molar-refractivity contribution in [3.63, 3.8) is 0 Å². The van der Waals surface area contributed by atoms with Gasteiger partial charge in [-0.3, -0.25) is 9.59 Å². The van der Waals surface area contributed by atoms with E-state index in [1.165, 1.54) is 11.8 Å². The smallest absolute Gasteiger partial charge is 0.223 e. The van der Waals surface area contributed by atoms with Crippen molar-refractivity contribution in [2.75, 3.05) is 11.4 Å². The third-order valence-corrected chi connectivity index (χ3v) is 5.11. The van der Waals surface area contributed by atoms with E-state index in [0.717, 1.165) is 22.8 Å². The molecule has 0 unspecified atom stereocenters. The van der Waals surface area contributed by atoms with E-state index in [1.807, 2.05) is 26.1 Å². The van der Waals surface area contributed by atoms with Crippen LogP contribution >= 0.6 is 11.8 Å². The number of ketones is 1.